The van der Waals surface area contributed by atoms with Gasteiger partial charge in [0.25, 0.3) is 0 Å². The molecule has 2 aliphatic heterocycles. The fraction of sp³-hybridized carbons (Fsp3) is 0.333. The van der Waals surface area contributed by atoms with Crippen LogP contribution in [0.15, 0.2) is 59.8 Å². The van der Waals surface area contributed by atoms with Crippen LogP contribution in [0, 0.1) is 5.41 Å². The first-order valence-corrected chi connectivity index (χ1v) is 12.6. The Balaban J connectivity index is 1.48. The minimum atomic E-state index is -1.16. The van der Waals surface area contributed by atoms with Gasteiger partial charge in [0.15, 0.2) is 17.3 Å². The molecule has 0 amide bonds. The van der Waals surface area contributed by atoms with E-state index in [2.05, 4.69) is 20.6 Å². The topological polar surface area (TPSA) is 110 Å². The maximum Gasteiger partial charge on any atom is 0.316 e. The van der Waals surface area contributed by atoms with Crippen LogP contribution in [0.4, 0.5) is 0 Å². The van der Waals surface area contributed by atoms with Crippen molar-refractivity contribution in [2.75, 3.05) is 20.8 Å². The molecule has 5 rings (SSSR count). The predicted octanol–water partition coefficient (Wildman–Crippen LogP) is 4.45. The first-order valence-electron chi connectivity index (χ1n) is 12.2. The number of nitrogens with one attached hydrogen (secondary N) is 2. The lowest BCUT2D eigenvalue weighted by Crippen LogP contribution is -2.48. The minimum absolute atomic E-state index is 0.330. The third-order valence-corrected chi connectivity index (χ3v) is 7.16. The zero-order valence-electron chi connectivity index (χ0n) is 21.6. The van der Waals surface area contributed by atoms with Crippen molar-refractivity contribution in [2.24, 2.45) is 10.5 Å². The van der Waals surface area contributed by atoms with Crippen LogP contribution in [0.1, 0.15) is 49.3 Å². The molecule has 2 aliphatic rings. The van der Waals surface area contributed by atoms with Crippen LogP contribution in [0.3, 0.4) is 0 Å². The van der Waals surface area contributed by atoms with Crippen molar-refractivity contribution in [3.8, 4) is 17.2 Å². The Kier molecular flexibility index (Phi) is 6.95. The summed E-state index contributed by atoms with van der Waals surface area (Å²) >= 11 is 6.47. The van der Waals surface area contributed by atoms with Crippen molar-refractivity contribution < 1.29 is 24.1 Å². The van der Waals surface area contributed by atoms with E-state index in [-0.39, 0.29) is 6.10 Å². The van der Waals surface area contributed by atoms with Crippen LogP contribution in [0.5, 0.6) is 11.5 Å². The maximum absolute atomic E-state index is 11.6. The largest absolute Gasteiger partial charge is 0.493 e. The highest BCUT2D eigenvalue weighted by Crippen LogP contribution is 2.46. The Morgan fingerprint density at radius 2 is 1.97 bits per heavy atom. The molecule has 3 heterocycles. The molecular weight excluding hydrogens is 510 g/mol. The molecule has 2 atom stereocenters. The van der Waals surface area contributed by atoms with E-state index in [0.29, 0.717) is 35.3 Å². The first-order chi connectivity index (χ1) is 18.2. The van der Waals surface area contributed by atoms with E-state index in [1.54, 1.807) is 33.2 Å². The monoisotopic (exact) mass is 539 g/mol. The van der Waals surface area contributed by atoms with Gasteiger partial charge in [-0.1, -0.05) is 23.7 Å². The van der Waals surface area contributed by atoms with E-state index in [9.17, 15) is 9.90 Å². The van der Waals surface area contributed by atoms with Crippen LogP contribution >= 0.6 is 11.6 Å². The number of hydrogen-bond acceptors (Lipinski definition) is 8. The predicted molar refractivity (Wildman–Crippen MR) is 142 cm³/mol. The van der Waals surface area contributed by atoms with Gasteiger partial charge in [-0.2, -0.15) is 0 Å². The van der Waals surface area contributed by atoms with Crippen molar-refractivity contribution >= 4 is 23.4 Å². The van der Waals surface area contributed by atoms with Crippen LogP contribution < -0.4 is 20.4 Å². The van der Waals surface area contributed by atoms with Crippen LogP contribution in [-0.2, 0) is 9.53 Å². The van der Waals surface area contributed by atoms with Crippen molar-refractivity contribution in [1.29, 1.82) is 0 Å². The van der Waals surface area contributed by atoms with E-state index < -0.39 is 17.5 Å². The number of carboxylic acids is 1. The number of ether oxygens (including phenoxy) is 3. The smallest absolute Gasteiger partial charge is 0.316 e. The van der Waals surface area contributed by atoms with Crippen molar-refractivity contribution in [3.05, 3.63) is 76.6 Å². The number of aliphatic carboxylic acids is 1. The zero-order chi connectivity index (χ0) is 27.0. The van der Waals surface area contributed by atoms with Crippen molar-refractivity contribution in [2.45, 2.75) is 32.5 Å². The number of hydrogen-bond donors (Lipinski definition) is 3. The fourth-order valence-electron chi connectivity index (χ4n) is 4.73. The molecule has 0 saturated carbocycles. The molecule has 10 nitrogen and oxygen atoms in total. The molecule has 0 saturated heterocycles. The summed E-state index contributed by atoms with van der Waals surface area (Å²) in [6.45, 7) is 3.67. The van der Waals surface area contributed by atoms with E-state index in [1.165, 1.54) is 0 Å². The first kappa shape index (κ1) is 25.9. The Bertz CT molecular complexity index is 1390. The van der Waals surface area contributed by atoms with Gasteiger partial charge in [-0.25, -0.2) is 5.53 Å². The lowest BCUT2D eigenvalue weighted by Gasteiger charge is -2.27. The second-order valence-electron chi connectivity index (χ2n) is 9.64. The number of benzene rings is 2. The quantitative estimate of drug-likeness (QED) is 0.385. The summed E-state index contributed by atoms with van der Waals surface area (Å²) < 4.78 is 20.3. The van der Waals surface area contributed by atoms with Crippen molar-refractivity contribution in [1.82, 2.24) is 20.6 Å². The van der Waals surface area contributed by atoms with E-state index in [0.717, 1.165) is 22.5 Å². The molecule has 0 fully saturated rings. The Morgan fingerprint density at radius 1 is 1.16 bits per heavy atom. The summed E-state index contributed by atoms with van der Waals surface area (Å²) in [4.78, 5) is 11.6. The molecule has 11 heteroatoms. The fourth-order valence-corrected chi connectivity index (χ4v) is 4.91. The maximum atomic E-state index is 11.6. The van der Waals surface area contributed by atoms with Gasteiger partial charge in [0.05, 0.1) is 25.6 Å². The Morgan fingerprint density at radius 3 is 2.71 bits per heavy atom. The van der Waals surface area contributed by atoms with Gasteiger partial charge in [0.1, 0.15) is 17.6 Å². The number of amidine groups is 1. The SMILES string of the molecule is COc1cccc([C@H]2O[C@H](CCN3NN=C(C(C)(C)C(=O)O)N3)c3cccn3-c3ccc(Cl)cc32)c1OC. The third kappa shape index (κ3) is 4.55. The number of para-hydroxylation sites is 1. The molecule has 0 unspecified atom stereocenters. The summed E-state index contributed by atoms with van der Waals surface area (Å²) in [6, 6.07) is 15.5. The molecule has 0 spiro atoms. The number of fused-ring (bicyclic) bond motifs is 3. The number of halogens is 1. The average Bonchev–Trinajstić information content (AvgIpc) is 3.57. The molecule has 200 valence electrons. The number of rotatable bonds is 8. The average molecular weight is 540 g/mol. The van der Waals surface area contributed by atoms with Gasteiger partial charge < -0.3 is 23.9 Å². The normalized spacial score (nSPS) is 18.9. The van der Waals surface area contributed by atoms with Gasteiger partial charge in [-0.3, -0.25) is 10.2 Å². The number of carboxylic acid groups (broad SMARTS) is 1. The molecule has 38 heavy (non-hydrogen) atoms. The van der Waals surface area contributed by atoms with Crippen LogP contribution in [-0.4, -0.2) is 47.4 Å². The molecule has 0 aliphatic carbocycles. The molecule has 2 aromatic carbocycles. The molecule has 3 N–H and O–H groups in total. The van der Waals surface area contributed by atoms with E-state index >= 15 is 0 Å². The Hall–Kier alpha value is -3.73. The number of carbonyl (C=O) groups is 1. The standard InChI is InChI=1S/C27H30ClN5O5/c1-27(2,26(34)35)25-29-31-33(30-25)14-12-21-20-8-6-13-32(20)19-11-10-16(28)15-18(19)23(38-21)17-7-5-9-22(36-3)24(17)37-4/h5-11,13,15,21,23,31H,12,14H2,1-4H3,(H,29,30)(H,34,35)/t21-,23-/m1/s1. The number of nitrogens with zero attached hydrogens (tertiary/aromatic N) is 3. The zero-order valence-corrected chi connectivity index (χ0v) is 22.3. The summed E-state index contributed by atoms with van der Waals surface area (Å²) in [5.74, 6) is 0.557. The highest BCUT2D eigenvalue weighted by molar-refractivity contribution is 6.30. The van der Waals surface area contributed by atoms with E-state index in [4.69, 9.17) is 25.8 Å². The van der Waals surface area contributed by atoms with Gasteiger partial charge in [-0.15, -0.1) is 10.2 Å². The van der Waals surface area contributed by atoms with Gasteiger partial charge in [0.2, 0.25) is 0 Å². The summed E-state index contributed by atoms with van der Waals surface area (Å²) in [5, 5.41) is 16.0. The number of methoxy groups -OCH3 is 2. The number of aromatic nitrogens is 1. The van der Waals surface area contributed by atoms with Gasteiger partial charge in [-0.05, 0) is 56.7 Å². The highest BCUT2D eigenvalue weighted by atomic mass is 35.5. The van der Waals surface area contributed by atoms with Gasteiger partial charge >= 0.3 is 5.97 Å². The third-order valence-electron chi connectivity index (χ3n) is 6.92. The highest BCUT2D eigenvalue weighted by Gasteiger charge is 2.38. The molecule has 0 radical (unpaired) electrons. The second kappa shape index (κ2) is 10.2. The van der Waals surface area contributed by atoms with Crippen LogP contribution in [0.25, 0.3) is 5.69 Å². The molecule has 1 aromatic heterocycles. The van der Waals surface area contributed by atoms with Crippen molar-refractivity contribution in [3.63, 3.8) is 0 Å². The van der Waals surface area contributed by atoms with Crippen LogP contribution in [0.2, 0.25) is 5.02 Å². The lowest BCUT2D eigenvalue weighted by molar-refractivity contribution is -0.143. The minimum Gasteiger partial charge on any atom is -0.493 e. The van der Waals surface area contributed by atoms with Gasteiger partial charge in [0, 0.05) is 28.9 Å². The molecule has 0 bridgehead atoms. The summed E-state index contributed by atoms with van der Waals surface area (Å²) in [7, 11) is 3.21. The Labute approximate surface area is 225 Å². The lowest BCUT2D eigenvalue weighted by atomic mass is 9.92. The van der Waals surface area contributed by atoms with E-state index in [1.807, 2.05) is 54.7 Å². The summed E-state index contributed by atoms with van der Waals surface area (Å²) in [5.41, 5.74) is 8.42. The number of hydrazone groups is 1. The summed E-state index contributed by atoms with van der Waals surface area (Å²) in [6.07, 6.45) is 1.73. The molecular formula is C27H30ClN5O5. The molecule has 3 aromatic rings. The number of hydrazine groups is 2. The second-order valence-corrected chi connectivity index (χ2v) is 10.1.